The standard InChI is InChI=1S/C17H26BrN7O3/c1-11-14(18)15(21-28-11)16(17-20-22-23-25(17)7-4-10-27-3)19-13-5-8-24(9-6-13)12(2)26/h13,16,19H,4-10H2,1-3H3. The maximum Gasteiger partial charge on any atom is 0.219 e. The van der Waals surface area contributed by atoms with Gasteiger partial charge in [0.15, 0.2) is 5.82 Å². The van der Waals surface area contributed by atoms with E-state index in [0.29, 0.717) is 30.4 Å². The average Bonchev–Trinajstić information content (AvgIpc) is 3.28. The van der Waals surface area contributed by atoms with Crippen molar-refractivity contribution in [2.45, 2.75) is 51.7 Å². The monoisotopic (exact) mass is 455 g/mol. The molecule has 1 atom stereocenters. The van der Waals surface area contributed by atoms with Crippen molar-refractivity contribution in [2.24, 2.45) is 0 Å². The molecular formula is C17H26BrN7O3. The van der Waals surface area contributed by atoms with Gasteiger partial charge in [-0.25, -0.2) is 4.68 Å². The van der Waals surface area contributed by atoms with Gasteiger partial charge in [0.25, 0.3) is 0 Å². The minimum Gasteiger partial charge on any atom is -0.385 e. The van der Waals surface area contributed by atoms with E-state index in [1.165, 1.54) is 0 Å². The zero-order chi connectivity index (χ0) is 20.1. The molecule has 2 aromatic rings. The normalized spacial score (nSPS) is 16.5. The van der Waals surface area contributed by atoms with Crippen molar-refractivity contribution < 1.29 is 14.1 Å². The number of aromatic nitrogens is 5. The lowest BCUT2D eigenvalue weighted by atomic mass is 10.0. The molecule has 1 unspecified atom stereocenters. The molecule has 0 spiro atoms. The summed E-state index contributed by atoms with van der Waals surface area (Å²) in [6.07, 6.45) is 2.52. The summed E-state index contributed by atoms with van der Waals surface area (Å²) in [4.78, 5) is 13.5. The number of nitrogens with zero attached hydrogens (tertiary/aromatic N) is 6. The zero-order valence-electron chi connectivity index (χ0n) is 16.4. The van der Waals surface area contributed by atoms with Crippen molar-refractivity contribution in [3.8, 4) is 0 Å². The lowest BCUT2D eigenvalue weighted by molar-refractivity contribution is -0.129. The largest absolute Gasteiger partial charge is 0.385 e. The molecule has 1 N–H and O–H groups in total. The van der Waals surface area contributed by atoms with E-state index in [2.05, 4.69) is 41.9 Å². The van der Waals surface area contributed by atoms with Gasteiger partial charge in [-0.05, 0) is 52.5 Å². The van der Waals surface area contributed by atoms with Crippen LogP contribution in [0.3, 0.4) is 0 Å². The first-order valence-electron chi connectivity index (χ1n) is 9.39. The van der Waals surface area contributed by atoms with E-state index < -0.39 is 0 Å². The molecule has 0 saturated carbocycles. The van der Waals surface area contributed by atoms with E-state index in [0.717, 1.165) is 36.8 Å². The van der Waals surface area contributed by atoms with Gasteiger partial charge in [0.05, 0.1) is 4.47 Å². The fourth-order valence-corrected chi connectivity index (χ4v) is 3.74. The predicted molar refractivity (Wildman–Crippen MR) is 104 cm³/mol. The summed E-state index contributed by atoms with van der Waals surface area (Å²) in [6, 6.07) is -0.105. The van der Waals surface area contributed by atoms with Crippen LogP contribution in [0.2, 0.25) is 0 Å². The number of nitrogens with one attached hydrogen (secondary N) is 1. The van der Waals surface area contributed by atoms with Crippen LogP contribution in [-0.4, -0.2) is 69.0 Å². The second kappa shape index (κ2) is 9.57. The van der Waals surface area contributed by atoms with Gasteiger partial charge in [-0.3, -0.25) is 10.1 Å². The molecule has 1 saturated heterocycles. The molecule has 0 bridgehead atoms. The van der Waals surface area contributed by atoms with E-state index in [1.54, 1.807) is 18.7 Å². The molecular weight excluding hydrogens is 430 g/mol. The van der Waals surface area contributed by atoms with Crippen molar-refractivity contribution in [2.75, 3.05) is 26.8 Å². The fourth-order valence-electron chi connectivity index (χ4n) is 3.37. The zero-order valence-corrected chi connectivity index (χ0v) is 18.0. The van der Waals surface area contributed by atoms with Crippen molar-refractivity contribution in [3.05, 3.63) is 21.8 Å². The van der Waals surface area contributed by atoms with Crippen LogP contribution in [0.5, 0.6) is 0 Å². The van der Waals surface area contributed by atoms with Gasteiger partial charge < -0.3 is 14.2 Å². The van der Waals surface area contributed by atoms with E-state index in [9.17, 15) is 4.79 Å². The number of methoxy groups -OCH3 is 1. The molecule has 1 aliphatic rings. The molecule has 3 rings (SSSR count). The van der Waals surface area contributed by atoms with Crippen LogP contribution in [0.25, 0.3) is 0 Å². The number of halogens is 1. The number of likely N-dealkylation sites (tertiary alicyclic amines) is 1. The summed E-state index contributed by atoms with van der Waals surface area (Å²) in [5.74, 6) is 1.50. The Morgan fingerprint density at radius 1 is 1.43 bits per heavy atom. The van der Waals surface area contributed by atoms with Gasteiger partial charge in [-0.1, -0.05) is 5.16 Å². The van der Waals surface area contributed by atoms with Crippen LogP contribution in [0, 0.1) is 6.92 Å². The Bertz CT molecular complexity index is 786. The summed E-state index contributed by atoms with van der Waals surface area (Å²) in [6.45, 7) is 6.21. The summed E-state index contributed by atoms with van der Waals surface area (Å²) in [5.41, 5.74) is 0.717. The van der Waals surface area contributed by atoms with E-state index in [1.807, 2.05) is 11.8 Å². The number of hydrogen-bond donors (Lipinski definition) is 1. The summed E-state index contributed by atoms with van der Waals surface area (Å²) >= 11 is 3.57. The highest BCUT2D eigenvalue weighted by Crippen LogP contribution is 2.30. The van der Waals surface area contributed by atoms with Gasteiger partial charge in [-0.2, -0.15) is 0 Å². The van der Waals surface area contributed by atoms with Gasteiger partial charge in [0.1, 0.15) is 17.5 Å². The third-order valence-electron chi connectivity index (χ3n) is 4.97. The Hall–Kier alpha value is -1.85. The fraction of sp³-hybridized carbons (Fsp3) is 0.706. The molecule has 28 heavy (non-hydrogen) atoms. The highest BCUT2D eigenvalue weighted by Gasteiger charge is 2.31. The van der Waals surface area contributed by atoms with Crippen LogP contribution in [0.4, 0.5) is 0 Å². The SMILES string of the molecule is COCCCn1nnnc1C(NC1CCN(C(C)=O)CC1)c1noc(C)c1Br. The van der Waals surface area contributed by atoms with Crippen molar-refractivity contribution in [1.29, 1.82) is 0 Å². The number of amides is 1. The first kappa shape index (κ1) is 20.9. The number of carbonyl (C=O) groups is 1. The van der Waals surface area contributed by atoms with Crippen LogP contribution >= 0.6 is 15.9 Å². The van der Waals surface area contributed by atoms with Gasteiger partial charge in [-0.15, -0.1) is 5.10 Å². The minimum atomic E-state index is -0.321. The van der Waals surface area contributed by atoms with Crippen LogP contribution < -0.4 is 5.32 Å². The Morgan fingerprint density at radius 2 is 2.18 bits per heavy atom. The molecule has 10 nitrogen and oxygen atoms in total. The average molecular weight is 456 g/mol. The lowest BCUT2D eigenvalue weighted by Gasteiger charge is -2.33. The Morgan fingerprint density at radius 3 is 2.79 bits per heavy atom. The van der Waals surface area contributed by atoms with Crippen LogP contribution in [0.1, 0.15) is 49.5 Å². The summed E-state index contributed by atoms with van der Waals surface area (Å²) in [5, 5.41) is 20.1. The molecule has 11 heteroatoms. The molecule has 3 heterocycles. The number of piperidine rings is 1. The molecule has 0 radical (unpaired) electrons. The first-order chi connectivity index (χ1) is 13.5. The molecule has 1 fully saturated rings. The topological polar surface area (TPSA) is 111 Å². The van der Waals surface area contributed by atoms with Crippen molar-refractivity contribution >= 4 is 21.8 Å². The predicted octanol–water partition coefficient (Wildman–Crippen LogP) is 1.46. The second-order valence-corrected chi connectivity index (χ2v) is 7.72. The van der Waals surface area contributed by atoms with Crippen LogP contribution in [0.15, 0.2) is 9.00 Å². The molecule has 1 aliphatic heterocycles. The number of aryl methyl sites for hydroxylation is 2. The van der Waals surface area contributed by atoms with Gasteiger partial charge >= 0.3 is 0 Å². The highest BCUT2D eigenvalue weighted by atomic mass is 79.9. The first-order valence-corrected chi connectivity index (χ1v) is 10.2. The third kappa shape index (κ3) is 4.76. The Balaban J connectivity index is 1.80. The molecule has 2 aromatic heterocycles. The number of tetrazole rings is 1. The van der Waals surface area contributed by atoms with Crippen molar-refractivity contribution in [3.63, 3.8) is 0 Å². The Kier molecular flexibility index (Phi) is 7.13. The highest BCUT2D eigenvalue weighted by molar-refractivity contribution is 9.10. The summed E-state index contributed by atoms with van der Waals surface area (Å²) < 4.78 is 13.1. The maximum absolute atomic E-state index is 11.6. The lowest BCUT2D eigenvalue weighted by Crippen LogP contribution is -2.45. The molecule has 154 valence electrons. The molecule has 1 amide bonds. The molecule has 0 aliphatic carbocycles. The van der Waals surface area contributed by atoms with Crippen molar-refractivity contribution in [1.82, 2.24) is 35.6 Å². The Labute approximate surface area is 172 Å². The molecule has 0 aromatic carbocycles. The van der Waals surface area contributed by atoms with E-state index in [-0.39, 0.29) is 18.0 Å². The number of hydrogen-bond acceptors (Lipinski definition) is 8. The quantitative estimate of drug-likeness (QED) is 0.595. The minimum absolute atomic E-state index is 0.118. The number of carbonyl (C=O) groups excluding carboxylic acids is 1. The van der Waals surface area contributed by atoms with Gasteiger partial charge in [0, 0.05) is 46.3 Å². The smallest absolute Gasteiger partial charge is 0.219 e. The van der Waals surface area contributed by atoms with Crippen LogP contribution in [-0.2, 0) is 16.1 Å². The number of ether oxygens (including phenoxy) is 1. The van der Waals surface area contributed by atoms with E-state index >= 15 is 0 Å². The number of rotatable bonds is 8. The van der Waals surface area contributed by atoms with Gasteiger partial charge in [0.2, 0.25) is 5.91 Å². The van der Waals surface area contributed by atoms with E-state index in [4.69, 9.17) is 9.26 Å². The third-order valence-corrected chi connectivity index (χ3v) is 5.93. The summed E-state index contributed by atoms with van der Waals surface area (Å²) in [7, 11) is 1.67. The maximum atomic E-state index is 11.6. The second-order valence-electron chi connectivity index (χ2n) is 6.92.